The minimum atomic E-state index is 0.554. The lowest BCUT2D eigenvalue weighted by molar-refractivity contribution is 0.497. The molecule has 1 N–H and O–H groups in total. The van der Waals surface area contributed by atoms with E-state index < -0.39 is 0 Å². The molecule has 0 bridgehead atoms. The van der Waals surface area contributed by atoms with Gasteiger partial charge < -0.3 is 4.90 Å². The summed E-state index contributed by atoms with van der Waals surface area (Å²) >= 11 is 0. The summed E-state index contributed by atoms with van der Waals surface area (Å²) in [6.07, 6.45) is 0. The normalized spacial score (nSPS) is 10.1. The monoisotopic (exact) mass is 238 g/mol. The fraction of sp³-hybridized carbons (Fsp3) is 0.188. The number of amidine groups is 1. The van der Waals surface area contributed by atoms with Gasteiger partial charge in [0.2, 0.25) is 0 Å². The van der Waals surface area contributed by atoms with Crippen molar-refractivity contribution in [2.24, 2.45) is 0 Å². The fourth-order valence-corrected chi connectivity index (χ4v) is 1.94. The Morgan fingerprint density at radius 2 is 1.61 bits per heavy atom. The third kappa shape index (κ3) is 2.77. The molecule has 2 heteroatoms. The van der Waals surface area contributed by atoms with Gasteiger partial charge in [0, 0.05) is 19.2 Å². The summed E-state index contributed by atoms with van der Waals surface area (Å²) in [7, 11) is 1.96. The van der Waals surface area contributed by atoms with Gasteiger partial charge in [-0.25, -0.2) is 0 Å². The molecule has 0 aromatic heterocycles. The van der Waals surface area contributed by atoms with E-state index in [2.05, 4.69) is 19.1 Å². The first-order valence-electron chi connectivity index (χ1n) is 6.08. The summed E-state index contributed by atoms with van der Waals surface area (Å²) in [5.74, 6) is 0.554. The molecule has 2 aromatic carbocycles. The fourth-order valence-electron chi connectivity index (χ4n) is 1.94. The van der Waals surface area contributed by atoms with Gasteiger partial charge in [-0.1, -0.05) is 54.6 Å². The molecule has 0 saturated carbocycles. The summed E-state index contributed by atoms with van der Waals surface area (Å²) in [5, 5.41) is 8.18. The van der Waals surface area contributed by atoms with Gasteiger partial charge in [0.1, 0.15) is 5.84 Å². The second-order valence-corrected chi connectivity index (χ2v) is 4.50. The summed E-state index contributed by atoms with van der Waals surface area (Å²) in [4.78, 5) is 1.97. The zero-order valence-corrected chi connectivity index (χ0v) is 10.9. The van der Waals surface area contributed by atoms with E-state index in [9.17, 15) is 0 Å². The molecule has 0 aliphatic rings. The van der Waals surface area contributed by atoms with Crippen LogP contribution in [0, 0.1) is 12.3 Å². The predicted octanol–water partition coefficient (Wildman–Crippen LogP) is 3.45. The van der Waals surface area contributed by atoms with Crippen molar-refractivity contribution in [3.05, 3.63) is 71.3 Å². The van der Waals surface area contributed by atoms with Crippen LogP contribution in [-0.4, -0.2) is 17.8 Å². The van der Waals surface area contributed by atoms with Crippen molar-refractivity contribution >= 4 is 5.84 Å². The molecule has 0 aliphatic heterocycles. The van der Waals surface area contributed by atoms with Crippen molar-refractivity contribution in [2.45, 2.75) is 13.5 Å². The molecule has 0 spiro atoms. The van der Waals surface area contributed by atoms with Crippen LogP contribution >= 0.6 is 0 Å². The minimum Gasteiger partial charge on any atom is -0.355 e. The quantitative estimate of drug-likeness (QED) is 0.643. The molecule has 92 valence electrons. The molecular weight excluding hydrogens is 220 g/mol. The van der Waals surface area contributed by atoms with Crippen molar-refractivity contribution in [3.8, 4) is 0 Å². The Kier molecular flexibility index (Phi) is 3.78. The van der Waals surface area contributed by atoms with E-state index in [1.807, 2.05) is 54.4 Å². The second kappa shape index (κ2) is 5.50. The highest BCUT2D eigenvalue weighted by Crippen LogP contribution is 2.11. The van der Waals surface area contributed by atoms with E-state index in [-0.39, 0.29) is 0 Å². The lowest BCUT2D eigenvalue weighted by atomic mass is 10.1. The zero-order valence-electron chi connectivity index (χ0n) is 10.9. The van der Waals surface area contributed by atoms with Crippen LogP contribution in [0.15, 0.2) is 54.6 Å². The second-order valence-electron chi connectivity index (χ2n) is 4.50. The first kappa shape index (κ1) is 12.4. The van der Waals surface area contributed by atoms with E-state index in [0.717, 1.165) is 12.1 Å². The molecule has 0 unspecified atom stereocenters. The molecular formula is C16H18N2. The number of aryl methyl sites for hydroxylation is 1. The van der Waals surface area contributed by atoms with Gasteiger partial charge in [0.15, 0.2) is 0 Å². The Hall–Kier alpha value is -2.09. The number of hydrogen-bond acceptors (Lipinski definition) is 1. The van der Waals surface area contributed by atoms with Crippen molar-refractivity contribution in [2.75, 3.05) is 7.05 Å². The van der Waals surface area contributed by atoms with Gasteiger partial charge in [-0.05, 0) is 18.1 Å². The third-order valence-electron chi connectivity index (χ3n) is 3.10. The number of nitrogens with one attached hydrogen (secondary N) is 1. The van der Waals surface area contributed by atoms with Gasteiger partial charge >= 0.3 is 0 Å². The maximum absolute atomic E-state index is 8.18. The van der Waals surface area contributed by atoms with Crippen LogP contribution in [0.2, 0.25) is 0 Å². The highest BCUT2D eigenvalue weighted by Gasteiger charge is 2.08. The van der Waals surface area contributed by atoms with Crippen molar-refractivity contribution in [1.82, 2.24) is 4.90 Å². The van der Waals surface area contributed by atoms with E-state index in [1.165, 1.54) is 11.1 Å². The van der Waals surface area contributed by atoms with Crippen molar-refractivity contribution in [1.29, 1.82) is 5.41 Å². The van der Waals surface area contributed by atoms with Crippen LogP contribution in [0.3, 0.4) is 0 Å². The van der Waals surface area contributed by atoms with E-state index >= 15 is 0 Å². The van der Waals surface area contributed by atoms with Crippen LogP contribution in [0.4, 0.5) is 0 Å². The summed E-state index contributed by atoms with van der Waals surface area (Å²) < 4.78 is 0. The topological polar surface area (TPSA) is 27.1 Å². The number of rotatable bonds is 3. The third-order valence-corrected chi connectivity index (χ3v) is 3.10. The molecule has 0 fully saturated rings. The molecule has 2 rings (SSSR count). The van der Waals surface area contributed by atoms with Gasteiger partial charge in [-0.15, -0.1) is 0 Å². The Morgan fingerprint density at radius 1 is 1.00 bits per heavy atom. The average molecular weight is 238 g/mol. The highest BCUT2D eigenvalue weighted by atomic mass is 15.1. The van der Waals surface area contributed by atoms with Gasteiger partial charge in [-0.2, -0.15) is 0 Å². The average Bonchev–Trinajstić information content (AvgIpc) is 2.41. The molecule has 0 saturated heterocycles. The van der Waals surface area contributed by atoms with E-state index in [0.29, 0.717) is 5.84 Å². The zero-order chi connectivity index (χ0) is 13.0. The van der Waals surface area contributed by atoms with E-state index in [1.54, 1.807) is 0 Å². The molecule has 0 radical (unpaired) electrons. The van der Waals surface area contributed by atoms with Crippen LogP contribution in [0.25, 0.3) is 0 Å². The van der Waals surface area contributed by atoms with Crippen LogP contribution < -0.4 is 0 Å². The molecule has 18 heavy (non-hydrogen) atoms. The van der Waals surface area contributed by atoms with Crippen LogP contribution in [0.1, 0.15) is 16.7 Å². The van der Waals surface area contributed by atoms with Gasteiger partial charge in [0.05, 0.1) is 0 Å². The first-order valence-corrected chi connectivity index (χ1v) is 6.08. The standard InChI is InChI=1S/C16H18N2/c1-13-8-6-7-11-15(13)12-18(2)16(17)14-9-4-3-5-10-14/h3-11,17H,12H2,1-2H3. The van der Waals surface area contributed by atoms with E-state index in [4.69, 9.17) is 5.41 Å². The Bertz CT molecular complexity index is 532. The maximum atomic E-state index is 8.18. The predicted molar refractivity (Wildman–Crippen MR) is 75.9 cm³/mol. The van der Waals surface area contributed by atoms with Crippen LogP contribution in [0.5, 0.6) is 0 Å². The summed E-state index contributed by atoms with van der Waals surface area (Å²) in [5.41, 5.74) is 3.49. The molecule has 0 atom stereocenters. The SMILES string of the molecule is Cc1ccccc1CN(C)C(=N)c1ccccc1. The van der Waals surface area contributed by atoms with Gasteiger partial charge in [0.25, 0.3) is 0 Å². The number of nitrogens with zero attached hydrogens (tertiary/aromatic N) is 1. The number of hydrogen-bond donors (Lipinski definition) is 1. The Balaban J connectivity index is 2.11. The molecule has 0 heterocycles. The van der Waals surface area contributed by atoms with Crippen LogP contribution in [-0.2, 0) is 6.54 Å². The molecule has 0 aliphatic carbocycles. The largest absolute Gasteiger partial charge is 0.355 e. The van der Waals surface area contributed by atoms with Gasteiger partial charge in [-0.3, -0.25) is 5.41 Å². The maximum Gasteiger partial charge on any atom is 0.128 e. The minimum absolute atomic E-state index is 0.554. The summed E-state index contributed by atoms with van der Waals surface area (Å²) in [6.45, 7) is 2.87. The lowest BCUT2D eigenvalue weighted by Gasteiger charge is -2.21. The molecule has 2 nitrogen and oxygen atoms in total. The summed E-state index contributed by atoms with van der Waals surface area (Å²) in [6, 6.07) is 18.1. The number of benzene rings is 2. The highest BCUT2D eigenvalue weighted by molar-refractivity contribution is 5.96. The first-order chi connectivity index (χ1) is 8.68. The molecule has 2 aromatic rings. The molecule has 0 amide bonds. The lowest BCUT2D eigenvalue weighted by Crippen LogP contribution is -2.26. The Labute approximate surface area is 108 Å². The van der Waals surface area contributed by atoms with Crippen molar-refractivity contribution in [3.63, 3.8) is 0 Å². The smallest absolute Gasteiger partial charge is 0.128 e. The Morgan fingerprint density at radius 3 is 2.28 bits per heavy atom. The van der Waals surface area contributed by atoms with Crippen molar-refractivity contribution < 1.29 is 0 Å².